The largest absolute Gasteiger partial charge is 1.00 e. The second-order valence-electron chi connectivity index (χ2n) is 12.2. The van der Waals surface area contributed by atoms with Crippen LogP contribution < -0.4 is 34.7 Å². The van der Waals surface area contributed by atoms with Crippen molar-refractivity contribution in [3.8, 4) is 0 Å². The minimum absolute atomic E-state index is 0. The van der Waals surface area contributed by atoms with E-state index in [-0.39, 0.29) is 52.3 Å². The van der Waals surface area contributed by atoms with E-state index in [0.717, 1.165) is 29.0 Å². The smallest absolute Gasteiger partial charge is 0.550 e. The molecule has 1 aromatic rings. The fourth-order valence-electron chi connectivity index (χ4n) is 6.11. The Labute approximate surface area is 225 Å². The Bertz CT molecular complexity index is 989. The first kappa shape index (κ1) is 26.8. The molecule has 1 aliphatic heterocycles. The number of rotatable bonds is 6. The number of carbonyl (C=O) groups is 2. The third-order valence-electron chi connectivity index (χ3n) is 8.08. The van der Waals surface area contributed by atoms with Crippen molar-refractivity contribution in [1.29, 1.82) is 0 Å². The molecule has 0 unspecified atom stereocenters. The second-order valence-corrected chi connectivity index (χ2v) is 12.6. The van der Waals surface area contributed by atoms with Crippen LogP contribution in [0.25, 0.3) is 0 Å². The van der Waals surface area contributed by atoms with E-state index in [1.54, 1.807) is 0 Å². The zero-order chi connectivity index (χ0) is 23.7. The van der Waals surface area contributed by atoms with Gasteiger partial charge >= 0.3 is 29.6 Å². The zero-order valence-corrected chi connectivity index (χ0v) is 23.9. The molecular weight excluding hydrogens is 445 g/mol. The summed E-state index contributed by atoms with van der Waals surface area (Å²) < 4.78 is 0. The summed E-state index contributed by atoms with van der Waals surface area (Å²) in [5, 5.41) is 12.2. The number of amides is 1. The molecule has 0 N–H and O–H groups in total. The van der Waals surface area contributed by atoms with E-state index in [1.165, 1.54) is 5.57 Å². The Balaban J connectivity index is 0.00000306. The molecule has 1 heterocycles. The first-order chi connectivity index (χ1) is 14.7. The van der Waals surface area contributed by atoms with Crippen LogP contribution in [0, 0.1) is 16.7 Å². The van der Waals surface area contributed by atoms with Gasteiger partial charge in [0.25, 0.3) is 0 Å². The van der Waals surface area contributed by atoms with Crippen LogP contribution >= 0.6 is 11.6 Å². The molecule has 4 aliphatic rings. The van der Waals surface area contributed by atoms with Gasteiger partial charge in [0.05, 0.1) is 0 Å². The molecule has 0 saturated heterocycles. The molecule has 6 heteroatoms. The maximum atomic E-state index is 13.3. The van der Waals surface area contributed by atoms with E-state index >= 15 is 0 Å². The molecular formula is C27H35ClNNaO3. The summed E-state index contributed by atoms with van der Waals surface area (Å²) in [6.45, 7) is 13.1. The molecule has 1 atom stereocenters. The molecule has 0 radical (unpaired) electrons. The summed E-state index contributed by atoms with van der Waals surface area (Å²) in [5.41, 5.74) is 2.20. The Morgan fingerprint density at radius 2 is 1.82 bits per heavy atom. The van der Waals surface area contributed by atoms with Gasteiger partial charge < -0.3 is 14.8 Å². The quantitative estimate of drug-likeness (QED) is 0.586. The van der Waals surface area contributed by atoms with Crippen LogP contribution in [0.2, 0.25) is 5.02 Å². The number of nitrogens with zero attached hydrogens (tertiary/aromatic N) is 1. The maximum absolute atomic E-state index is 13.3. The van der Waals surface area contributed by atoms with Crippen LogP contribution in [-0.4, -0.2) is 22.3 Å². The molecule has 0 spiro atoms. The molecule has 1 aromatic carbocycles. The number of benzene rings is 1. The minimum atomic E-state index is -0.970. The summed E-state index contributed by atoms with van der Waals surface area (Å²) in [6.07, 6.45) is 5.93. The van der Waals surface area contributed by atoms with Gasteiger partial charge in [0, 0.05) is 40.0 Å². The van der Waals surface area contributed by atoms with Crippen molar-refractivity contribution in [2.75, 3.05) is 0 Å². The van der Waals surface area contributed by atoms with Crippen molar-refractivity contribution in [3.05, 3.63) is 46.1 Å². The maximum Gasteiger partial charge on any atom is 1.00 e. The first-order valence-corrected chi connectivity index (χ1v) is 12.1. The van der Waals surface area contributed by atoms with Crippen molar-refractivity contribution in [3.63, 3.8) is 0 Å². The number of aliphatic carboxylic acids is 1. The van der Waals surface area contributed by atoms with Crippen LogP contribution in [-0.2, 0) is 21.4 Å². The van der Waals surface area contributed by atoms with Crippen molar-refractivity contribution in [2.24, 2.45) is 16.7 Å². The van der Waals surface area contributed by atoms with Crippen molar-refractivity contribution < 1.29 is 44.3 Å². The Kier molecular flexibility index (Phi) is 7.06. The third-order valence-corrected chi connectivity index (χ3v) is 8.43. The normalized spacial score (nSPS) is 30.8. The average molecular weight is 480 g/mol. The summed E-state index contributed by atoms with van der Waals surface area (Å²) in [5.74, 6) is -0.656. The fourth-order valence-corrected chi connectivity index (χ4v) is 6.38. The van der Waals surface area contributed by atoms with E-state index in [2.05, 4.69) is 53.7 Å². The molecule has 1 amide bonds. The van der Waals surface area contributed by atoms with Gasteiger partial charge in [0.2, 0.25) is 5.91 Å². The average Bonchev–Trinajstić information content (AvgIpc) is 2.58. The monoisotopic (exact) mass is 479 g/mol. The van der Waals surface area contributed by atoms with Gasteiger partial charge in [-0.2, -0.15) is 0 Å². The number of carbonyl (C=O) groups excluding carboxylic acids is 2. The van der Waals surface area contributed by atoms with Crippen LogP contribution in [0.15, 0.2) is 30.0 Å². The van der Waals surface area contributed by atoms with Crippen molar-refractivity contribution in [1.82, 2.24) is 4.90 Å². The number of hydrogen-bond donors (Lipinski definition) is 0. The van der Waals surface area contributed by atoms with Gasteiger partial charge in [-0.3, -0.25) is 4.79 Å². The Morgan fingerprint density at radius 1 is 1.21 bits per heavy atom. The summed E-state index contributed by atoms with van der Waals surface area (Å²) >= 11 is 6.71. The van der Waals surface area contributed by atoms with E-state index in [4.69, 9.17) is 11.6 Å². The second kappa shape index (κ2) is 8.69. The molecule has 3 aliphatic carbocycles. The van der Waals surface area contributed by atoms with Crippen LogP contribution in [0.3, 0.4) is 0 Å². The third kappa shape index (κ3) is 4.46. The van der Waals surface area contributed by atoms with Crippen molar-refractivity contribution >= 4 is 23.5 Å². The molecule has 4 nitrogen and oxygen atoms in total. The topological polar surface area (TPSA) is 60.4 Å². The summed E-state index contributed by atoms with van der Waals surface area (Å²) in [4.78, 5) is 26.6. The van der Waals surface area contributed by atoms with E-state index in [1.807, 2.05) is 17.2 Å². The first-order valence-electron chi connectivity index (χ1n) is 11.8. The van der Waals surface area contributed by atoms with Gasteiger partial charge in [-0.15, -0.1) is 0 Å². The van der Waals surface area contributed by atoms with Crippen LogP contribution in [0.4, 0.5) is 0 Å². The molecule has 0 aromatic heterocycles. The van der Waals surface area contributed by atoms with Gasteiger partial charge in [-0.1, -0.05) is 65.3 Å². The number of allylic oxidation sites excluding steroid dienone is 1. The molecule has 5 rings (SSSR count). The molecule has 3 fully saturated rings. The minimum Gasteiger partial charge on any atom is -0.550 e. The molecule has 33 heavy (non-hydrogen) atoms. The molecule has 2 bridgehead atoms. The fraction of sp³-hybridized carbons (Fsp3) is 0.630. The molecule has 3 saturated carbocycles. The van der Waals surface area contributed by atoms with E-state index in [9.17, 15) is 14.7 Å². The van der Waals surface area contributed by atoms with Gasteiger partial charge in [0.1, 0.15) is 0 Å². The SMILES string of the molecule is CC(C)C1=CN(C23CC(C(=O)[O-])(C2)C3)C(=O)C[C@@]1(C)c1ccc(CCC(C)(C)C)c(Cl)c1.[Na+]. The number of aryl methyl sites for hydroxylation is 1. The summed E-state index contributed by atoms with van der Waals surface area (Å²) in [7, 11) is 0. The van der Waals surface area contributed by atoms with Crippen molar-refractivity contribution in [2.45, 2.75) is 91.0 Å². The Morgan fingerprint density at radius 3 is 2.30 bits per heavy atom. The number of carboxylic acid groups (broad SMARTS) is 1. The van der Waals surface area contributed by atoms with Gasteiger partial charge in [0.15, 0.2) is 0 Å². The Hall–Kier alpha value is -0.810. The van der Waals surface area contributed by atoms with Crippen LogP contribution in [0.5, 0.6) is 0 Å². The number of halogens is 1. The van der Waals surface area contributed by atoms with Gasteiger partial charge in [-0.05, 0) is 66.2 Å². The van der Waals surface area contributed by atoms with E-state index < -0.39 is 16.8 Å². The standard InChI is InChI=1S/C27H36ClNO3.Na/c1-17(2)20-13-29(27-14-26(15-27,16-27)23(31)32)22(30)12-25(20,6)19-8-7-18(21(28)11-19)9-10-24(3,4)5;/h7-8,11,13,17H,9-10,12,14-16H2,1-6H3,(H,31,32);/q;+1/p-1/t25-,26?,27?;/m0./s1. The number of carboxylic acids is 1. The predicted molar refractivity (Wildman–Crippen MR) is 125 cm³/mol. The predicted octanol–water partition coefficient (Wildman–Crippen LogP) is 2.03. The van der Waals surface area contributed by atoms with Gasteiger partial charge in [-0.25, -0.2) is 0 Å². The number of hydrogen-bond acceptors (Lipinski definition) is 3. The van der Waals surface area contributed by atoms with E-state index in [0.29, 0.717) is 25.7 Å². The zero-order valence-electron chi connectivity index (χ0n) is 21.2. The van der Waals surface area contributed by atoms with Crippen LogP contribution in [0.1, 0.15) is 84.8 Å². The summed E-state index contributed by atoms with van der Waals surface area (Å²) in [6, 6.07) is 6.30. The molecule has 174 valence electrons.